The molecule has 3 N–H and O–H groups in total. The number of rotatable bonds is 2. The van der Waals surface area contributed by atoms with Gasteiger partial charge in [-0.1, -0.05) is 15.9 Å². The van der Waals surface area contributed by atoms with Crippen LogP contribution < -0.4 is 11.1 Å². The summed E-state index contributed by atoms with van der Waals surface area (Å²) in [5.41, 5.74) is 9.91. The van der Waals surface area contributed by atoms with Crippen molar-refractivity contribution in [2.75, 3.05) is 11.1 Å². The van der Waals surface area contributed by atoms with Crippen LogP contribution in [0, 0.1) is 6.92 Å². The van der Waals surface area contributed by atoms with Crippen molar-refractivity contribution < 1.29 is 4.42 Å². The molecule has 0 fully saturated rings. The fraction of sp³-hybridized carbons (Fsp3) is 0.0714. The molecule has 0 aliphatic heterocycles. The molecule has 2 aromatic carbocycles. The van der Waals surface area contributed by atoms with Gasteiger partial charge in [-0.15, -0.1) is 0 Å². The molecular formula is C14H12BrN3O. The van der Waals surface area contributed by atoms with Crippen LogP contribution >= 0.6 is 15.9 Å². The number of nitrogen functional groups attached to an aromatic ring is 1. The van der Waals surface area contributed by atoms with Crippen molar-refractivity contribution in [1.29, 1.82) is 0 Å². The molecule has 0 aliphatic rings. The molecule has 0 atom stereocenters. The van der Waals surface area contributed by atoms with Crippen molar-refractivity contribution in [2.24, 2.45) is 0 Å². The minimum Gasteiger partial charge on any atom is -0.423 e. The quantitative estimate of drug-likeness (QED) is 0.694. The smallest absolute Gasteiger partial charge is 0.300 e. The molecule has 19 heavy (non-hydrogen) atoms. The molecule has 0 bridgehead atoms. The number of nitrogens with two attached hydrogens (primary N) is 1. The van der Waals surface area contributed by atoms with Gasteiger partial charge in [-0.2, -0.15) is 4.98 Å². The number of hydrogen-bond acceptors (Lipinski definition) is 4. The third kappa shape index (κ3) is 2.42. The lowest BCUT2D eigenvalue weighted by molar-refractivity contribution is 0.623. The lowest BCUT2D eigenvalue weighted by Crippen LogP contribution is -1.92. The predicted octanol–water partition coefficient (Wildman–Crippen LogP) is 4.22. The molecule has 5 heteroatoms. The van der Waals surface area contributed by atoms with Crippen LogP contribution in [-0.2, 0) is 0 Å². The summed E-state index contributed by atoms with van der Waals surface area (Å²) in [4.78, 5) is 4.37. The lowest BCUT2D eigenvalue weighted by atomic mass is 10.2. The number of nitrogens with zero attached hydrogens (tertiary/aromatic N) is 1. The van der Waals surface area contributed by atoms with Gasteiger partial charge in [-0.05, 0) is 42.8 Å². The second-order valence-electron chi connectivity index (χ2n) is 4.33. The van der Waals surface area contributed by atoms with Crippen molar-refractivity contribution in [3.05, 3.63) is 46.4 Å². The highest BCUT2D eigenvalue weighted by atomic mass is 79.9. The Bertz CT molecular complexity index is 752. The summed E-state index contributed by atoms with van der Waals surface area (Å²) in [6.07, 6.45) is 0. The summed E-state index contributed by atoms with van der Waals surface area (Å²) < 4.78 is 6.67. The monoisotopic (exact) mass is 317 g/mol. The van der Waals surface area contributed by atoms with Gasteiger partial charge in [0.25, 0.3) is 6.01 Å². The molecule has 1 heterocycles. The Morgan fingerprint density at radius 1 is 1.21 bits per heavy atom. The van der Waals surface area contributed by atoms with Crippen LogP contribution in [0.1, 0.15) is 5.56 Å². The number of benzene rings is 2. The van der Waals surface area contributed by atoms with E-state index in [1.54, 1.807) is 12.1 Å². The van der Waals surface area contributed by atoms with E-state index in [1.807, 2.05) is 31.2 Å². The number of aryl methyl sites for hydroxylation is 1. The van der Waals surface area contributed by atoms with Gasteiger partial charge in [0.1, 0.15) is 5.52 Å². The van der Waals surface area contributed by atoms with E-state index in [1.165, 1.54) is 0 Å². The standard InChI is InChI=1S/C14H12BrN3O/c1-8-6-9(15)2-4-11(8)17-14-18-12-5-3-10(16)7-13(12)19-14/h2-7H,16H2,1H3,(H,17,18). The fourth-order valence-corrected chi connectivity index (χ4v) is 2.35. The third-order valence-corrected chi connectivity index (χ3v) is 3.34. The number of nitrogens with one attached hydrogen (secondary N) is 1. The molecule has 0 spiro atoms. The Balaban J connectivity index is 1.96. The van der Waals surface area contributed by atoms with Gasteiger partial charge in [0.2, 0.25) is 0 Å². The SMILES string of the molecule is Cc1cc(Br)ccc1Nc1nc2ccc(N)cc2o1. The molecule has 96 valence electrons. The maximum absolute atomic E-state index is 5.71. The maximum atomic E-state index is 5.71. The van der Waals surface area contributed by atoms with Crippen LogP contribution in [0.2, 0.25) is 0 Å². The highest BCUT2D eigenvalue weighted by molar-refractivity contribution is 9.10. The van der Waals surface area contributed by atoms with E-state index in [-0.39, 0.29) is 0 Å². The second-order valence-corrected chi connectivity index (χ2v) is 5.25. The Morgan fingerprint density at radius 3 is 2.84 bits per heavy atom. The summed E-state index contributed by atoms with van der Waals surface area (Å²) in [7, 11) is 0. The van der Waals surface area contributed by atoms with Gasteiger partial charge in [0.15, 0.2) is 5.58 Å². The van der Waals surface area contributed by atoms with Crippen LogP contribution in [0.3, 0.4) is 0 Å². The van der Waals surface area contributed by atoms with E-state index in [9.17, 15) is 0 Å². The minimum atomic E-state index is 0.464. The molecule has 3 rings (SSSR count). The fourth-order valence-electron chi connectivity index (χ4n) is 1.88. The summed E-state index contributed by atoms with van der Waals surface area (Å²) in [6, 6.07) is 11.8. The minimum absolute atomic E-state index is 0.464. The summed E-state index contributed by atoms with van der Waals surface area (Å²) in [6.45, 7) is 2.02. The highest BCUT2D eigenvalue weighted by Crippen LogP contribution is 2.26. The first-order valence-corrected chi connectivity index (χ1v) is 6.60. The van der Waals surface area contributed by atoms with Gasteiger partial charge >= 0.3 is 0 Å². The molecule has 0 radical (unpaired) electrons. The average molecular weight is 318 g/mol. The van der Waals surface area contributed by atoms with Crippen molar-refractivity contribution >= 4 is 44.4 Å². The van der Waals surface area contributed by atoms with E-state index >= 15 is 0 Å². The zero-order valence-electron chi connectivity index (χ0n) is 10.3. The number of hydrogen-bond donors (Lipinski definition) is 2. The lowest BCUT2D eigenvalue weighted by Gasteiger charge is -2.05. The van der Waals surface area contributed by atoms with Crippen molar-refractivity contribution in [3.8, 4) is 0 Å². The Hall–Kier alpha value is -2.01. The van der Waals surface area contributed by atoms with E-state index in [0.717, 1.165) is 21.2 Å². The average Bonchev–Trinajstić information content (AvgIpc) is 2.74. The van der Waals surface area contributed by atoms with E-state index < -0.39 is 0 Å². The summed E-state index contributed by atoms with van der Waals surface area (Å²) in [5, 5.41) is 3.17. The second kappa shape index (κ2) is 4.59. The van der Waals surface area contributed by atoms with Crippen molar-refractivity contribution in [3.63, 3.8) is 0 Å². The number of oxazole rings is 1. The Kier molecular flexibility index (Phi) is 2.91. The topological polar surface area (TPSA) is 64.1 Å². The van der Waals surface area contributed by atoms with Crippen molar-refractivity contribution in [1.82, 2.24) is 4.98 Å². The molecule has 3 aromatic rings. The Labute approximate surface area is 118 Å². The molecule has 4 nitrogen and oxygen atoms in total. The number of halogens is 1. The molecule has 0 aliphatic carbocycles. The van der Waals surface area contributed by atoms with Gasteiger partial charge in [-0.3, -0.25) is 0 Å². The van der Waals surface area contributed by atoms with Crippen molar-refractivity contribution in [2.45, 2.75) is 6.92 Å². The number of fused-ring (bicyclic) bond motifs is 1. The maximum Gasteiger partial charge on any atom is 0.300 e. The van der Waals surface area contributed by atoms with Crippen LogP contribution in [0.5, 0.6) is 0 Å². The first kappa shape index (κ1) is 12.0. The van der Waals surface area contributed by atoms with Gasteiger partial charge in [0, 0.05) is 21.9 Å². The normalized spacial score (nSPS) is 10.8. The highest BCUT2D eigenvalue weighted by Gasteiger charge is 2.07. The summed E-state index contributed by atoms with van der Waals surface area (Å²) >= 11 is 3.44. The van der Waals surface area contributed by atoms with Gasteiger partial charge in [0.05, 0.1) is 0 Å². The predicted molar refractivity (Wildman–Crippen MR) is 80.6 cm³/mol. The molecule has 0 saturated heterocycles. The molecule has 0 unspecified atom stereocenters. The van der Waals surface area contributed by atoms with E-state index in [2.05, 4.69) is 26.2 Å². The Morgan fingerprint density at radius 2 is 2.05 bits per heavy atom. The van der Waals surface area contributed by atoms with Crippen LogP contribution in [0.15, 0.2) is 45.3 Å². The van der Waals surface area contributed by atoms with E-state index in [4.69, 9.17) is 10.2 Å². The molecule has 0 amide bonds. The first-order valence-electron chi connectivity index (χ1n) is 5.81. The van der Waals surface area contributed by atoms with E-state index in [0.29, 0.717) is 17.3 Å². The van der Waals surface area contributed by atoms with Gasteiger partial charge in [-0.25, -0.2) is 0 Å². The molecule has 0 saturated carbocycles. The largest absolute Gasteiger partial charge is 0.423 e. The zero-order chi connectivity index (χ0) is 13.4. The van der Waals surface area contributed by atoms with Crippen LogP contribution in [-0.4, -0.2) is 4.98 Å². The zero-order valence-corrected chi connectivity index (χ0v) is 11.9. The first-order chi connectivity index (χ1) is 9.11. The van der Waals surface area contributed by atoms with Crippen LogP contribution in [0.25, 0.3) is 11.1 Å². The molecule has 1 aromatic heterocycles. The third-order valence-electron chi connectivity index (χ3n) is 2.84. The molecular weight excluding hydrogens is 306 g/mol. The van der Waals surface area contributed by atoms with Gasteiger partial charge < -0.3 is 15.5 Å². The van der Waals surface area contributed by atoms with Crippen LogP contribution in [0.4, 0.5) is 17.4 Å². The number of anilines is 3. The summed E-state index contributed by atoms with van der Waals surface area (Å²) in [5.74, 6) is 0. The number of aromatic nitrogens is 1.